The second-order valence-corrected chi connectivity index (χ2v) is 6.42. The molecule has 0 aliphatic carbocycles. The average molecular weight is 425 g/mol. The molecule has 0 aliphatic rings. The number of carboxylic acids is 1. The third kappa shape index (κ3) is 11.5. The molecule has 0 saturated heterocycles. The Balaban J connectivity index is 0. The molecule has 10 heteroatoms. The summed E-state index contributed by atoms with van der Waals surface area (Å²) in [6, 6.07) is 9.77. The summed E-state index contributed by atoms with van der Waals surface area (Å²) in [5.74, 6) is -1.05. The van der Waals surface area contributed by atoms with Crippen molar-refractivity contribution in [1.82, 2.24) is 4.90 Å². The van der Waals surface area contributed by atoms with Gasteiger partial charge in [0.1, 0.15) is 5.54 Å². The zero-order valence-corrected chi connectivity index (χ0v) is 17.0. The molecule has 1 unspecified atom stereocenters. The molecule has 0 saturated carbocycles. The maximum Gasteiger partial charge on any atom is 0.451 e. The van der Waals surface area contributed by atoms with Gasteiger partial charge in [0.25, 0.3) is 0 Å². The highest BCUT2D eigenvalue weighted by Gasteiger charge is 2.33. The van der Waals surface area contributed by atoms with Gasteiger partial charge in [0.15, 0.2) is 0 Å². The van der Waals surface area contributed by atoms with Gasteiger partial charge in [-0.05, 0) is 24.7 Å². The van der Waals surface area contributed by atoms with Gasteiger partial charge in [0, 0.05) is 19.6 Å². The third-order valence-electron chi connectivity index (χ3n) is 4.30. The van der Waals surface area contributed by atoms with Crippen LogP contribution in [0.15, 0.2) is 30.3 Å². The summed E-state index contributed by atoms with van der Waals surface area (Å²) in [6.45, 7) is 1.52. The lowest BCUT2D eigenvalue weighted by molar-refractivity contribution is -0.144. The second kappa shape index (κ2) is 15.1. The molecule has 27 heavy (non-hydrogen) atoms. The zero-order valence-electron chi connectivity index (χ0n) is 15.4. The van der Waals surface area contributed by atoms with Crippen LogP contribution in [0.5, 0.6) is 0 Å². The summed E-state index contributed by atoms with van der Waals surface area (Å²) in [5.41, 5.74) is 5.81. The molecule has 156 valence electrons. The van der Waals surface area contributed by atoms with E-state index in [1.807, 2.05) is 35.2 Å². The first-order valence-electron chi connectivity index (χ1n) is 8.63. The Hall–Kier alpha value is -0.865. The number of hydrogen-bond donors (Lipinski definition) is 5. The van der Waals surface area contributed by atoms with Gasteiger partial charge >= 0.3 is 13.1 Å². The van der Waals surface area contributed by atoms with Gasteiger partial charge in [-0.1, -0.05) is 43.2 Å². The van der Waals surface area contributed by atoms with Gasteiger partial charge < -0.3 is 26.0 Å². The molecule has 1 atom stereocenters. The largest absolute Gasteiger partial charge is 0.480 e. The van der Waals surface area contributed by atoms with Crippen molar-refractivity contribution in [3.63, 3.8) is 0 Å². The van der Waals surface area contributed by atoms with Crippen LogP contribution in [0.3, 0.4) is 0 Å². The SMILES string of the molecule is Cl.Cl.NC(CCCCB(O)O)(CCN(CCO)Cc1ccccc1)C(=O)O. The molecule has 1 aromatic carbocycles. The first-order chi connectivity index (χ1) is 11.9. The van der Waals surface area contributed by atoms with Crippen molar-refractivity contribution < 1.29 is 25.1 Å². The minimum Gasteiger partial charge on any atom is -0.480 e. The highest BCUT2D eigenvalue weighted by Crippen LogP contribution is 2.19. The quantitative estimate of drug-likeness (QED) is 0.237. The number of aliphatic hydroxyl groups is 1. The first kappa shape index (κ1) is 28.3. The number of aliphatic carboxylic acids is 1. The van der Waals surface area contributed by atoms with E-state index in [4.69, 9.17) is 15.8 Å². The van der Waals surface area contributed by atoms with Crippen LogP contribution in [-0.4, -0.2) is 63.5 Å². The predicted octanol–water partition coefficient (Wildman–Crippen LogP) is 1.14. The van der Waals surface area contributed by atoms with Gasteiger partial charge in [0.2, 0.25) is 0 Å². The van der Waals surface area contributed by atoms with Crippen molar-refractivity contribution >= 4 is 37.9 Å². The lowest BCUT2D eigenvalue weighted by atomic mass is 9.81. The van der Waals surface area contributed by atoms with Crippen LogP contribution < -0.4 is 5.73 Å². The maximum atomic E-state index is 11.6. The lowest BCUT2D eigenvalue weighted by Gasteiger charge is -2.29. The van der Waals surface area contributed by atoms with E-state index in [0.29, 0.717) is 32.5 Å². The number of halogens is 2. The van der Waals surface area contributed by atoms with Gasteiger partial charge in [-0.2, -0.15) is 0 Å². The van der Waals surface area contributed by atoms with E-state index < -0.39 is 18.6 Å². The van der Waals surface area contributed by atoms with Crippen molar-refractivity contribution in [3.8, 4) is 0 Å². The summed E-state index contributed by atoms with van der Waals surface area (Å²) < 4.78 is 0. The molecule has 0 radical (unpaired) electrons. The number of carbonyl (C=O) groups is 1. The van der Waals surface area contributed by atoms with Crippen LogP contribution in [0.1, 0.15) is 31.2 Å². The van der Waals surface area contributed by atoms with Gasteiger partial charge in [-0.25, -0.2) is 0 Å². The molecule has 0 fully saturated rings. The van der Waals surface area contributed by atoms with Crippen molar-refractivity contribution in [3.05, 3.63) is 35.9 Å². The second-order valence-electron chi connectivity index (χ2n) is 6.42. The van der Waals surface area contributed by atoms with Gasteiger partial charge in [-0.3, -0.25) is 9.69 Å². The molecule has 6 N–H and O–H groups in total. The van der Waals surface area contributed by atoms with Crippen LogP contribution in [-0.2, 0) is 11.3 Å². The van der Waals surface area contributed by atoms with E-state index in [2.05, 4.69) is 0 Å². The van der Waals surface area contributed by atoms with E-state index in [1.54, 1.807) is 0 Å². The normalized spacial score (nSPS) is 12.6. The molecular weight excluding hydrogens is 394 g/mol. The zero-order chi connectivity index (χ0) is 18.7. The van der Waals surface area contributed by atoms with Crippen LogP contribution in [0.4, 0.5) is 0 Å². The molecule has 0 aromatic heterocycles. The molecule has 0 heterocycles. The Morgan fingerprint density at radius 1 is 1.07 bits per heavy atom. The Kier molecular flexibility index (Phi) is 15.9. The standard InChI is InChI=1S/C17H29BN2O5.2ClH/c19-17(16(22)23,8-4-5-10-18(24)25)9-11-20(12-13-21)14-15-6-2-1-3-7-15;;/h1-3,6-7,21,24-25H,4-5,8-14,19H2,(H,22,23);2*1H. The number of benzene rings is 1. The fraction of sp³-hybridized carbons (Fsp3) is 0.588. The number of aliphatic hydroxyl groups excluding tert-OH is 1. The van der Waals surface area contributed by atoms with Crippen molar-refractivity contribution in [1.29, 1.82) is 0 Å². The fourth-order valence-electron chi connectivity index (χ4n) is 2.72. The molecular formula is C17H31BCl2N2O5. The minimum absolute atomic E-state index is 0. The van der Waals surface area contributed by atoms with Crippen molar-refractivity contribution in [2.24, 2.45) is 5.73 Å². The number of carboxylic acid groups (broad SMARTS) is 1. The Morgan fingerprint density at radius 2 is 1.70 bits per heavy atom. The van der Waals surface area contributed by atoms with E-state index in [1.165, 1.54) is 0 Å². The van der Waals surface area contributed by atoms with Crippen LogP contribution in [0.2, 0.25) is 6.32 Å². The number of nitrogens with two attached hydrogens (primary N) is 1. The topological polar surface area (TPSA) is 127 Å². The smallest absolute Gasteiger partial charge is 0.451 e. The molecule has 0 bridgehead atoms. The number of unbranched alkanes of at least 4 members (excludes halogenated alkanes) is 1. The summed E-state index contributed by atoms with van der Waals surface area (Å²) in [6.07, 6.45) is 1.76. The van der Waals surface area contributed by atoms with Gasteiger partial charge in [0.05, 0.1) is 6.61 Å². The molecule has 1 aromatic rings. The van der Waals surface area contributed by atoms with Crippen molar-refractivity contribution in [2.75, 3.05) is 19.7 Å². The number of rotatable bonds is 13. The number of nitrogens with zero attached hydrogens (tertiary/aromatic N) is 1. The van der Waals surface area contributed by atoms with Crippen LogP contribution >= 0.6 is 24.8 Å². The highest BCUT2D eigenvalue weighted by atomic mass is 35.5. The molecule has 7 nitrogen and oxygen atoms in total. The minimum atomic E-state index is -1.37. The molecule has 0 aliphatic heterocycles. The van der Waals surface area contributed by atoms with E-state index in [0.717, 1.165) is 5.56 Å². The van der Waals surface area contributed by atoms with Crippen LogP contribution in [0, 0.1) is 0 Å². The van der Waals surface area contributed by atoms with E-state index >= 15 is 0 Å². The summed E-state index contributed by atoms with van der Waals surface area (Å²) in [4.78, 5) is 13.6. The monoisotopic (exact) mass is 424 g/mol. The van der Waals surface area contributed by atoms with Crippen LogP contribution in [0.25, 0.3) is 0 Å². The lowest BCUT2D eigenvalue weighted by Crippen LogP contribution is -2.50. The molecule has 0 spiro atoms. The fourth-order valence-corrected chi connectivity index (χ4v) is 2.72. The molecule has 1 rings (SSSR count). The Labute approximate surface area is 173 Å². The summed E-state index contributed by atoms with van der Waals surface area (Å²) >= 11 is 0. The third-order valence-corrected chi connectivity index (χ3v) is 4.30. The predicted molar refractivity (Wildman–Crippen MR) is 111 cm³/mol. The summed E-state index contributed by atoms with van der Waals surface area (Å²) in [7, 11) is -1.37. The highest BCUT2D eigenvalue weighted by molar-refractivity contribution is 6.40. The Bertz CT molecular complexity index is 513. The number of hydrogen-bond acceptors (Lipinski definition) is 6. The van der Waals surface area contributed by atoms with E-state index in [-0.39, 0.29) is 50.6 Å². The molecule has 0 amide bonds. The summed E-state index contributed by atoms with van der Waals surface area (Å²) in [5, 5.41) is 36.4. The Morgan fingerprint density at radius 3 is 2.22 bits per heavy atom. The van der Waals surface area contributed by atoms with Crippen molar-refractivity contribution in [2.45, 2.75) is 44.1 Å². The van der Waals surface area contributed by atoms with Gasteiger partial charge in [-0.15, -0.1) is 24.8 Å². The van der Waals surface area contributed by atoms with E-state index in [9.17, 15) is 15.0 Å². The average Bonchev–Trinajstić information content (AvgIpc) is 2.57. The first-order valence-corrected chi connectivity index (χ1v) is 8.63. The maximum absolute atomic E-state index is 11.6.